The van der Waals surface area contributed by atoms with Crippen LogP contribution in [0, 0.1) is 0 Å². The van der Waals surface area contributed by atoms with Crippen molar-refractivity contribution in [1.29, 1.82) is 0 Å². The number of piperazine rings is 1. The highest BCUT2D eigenvalue weighted by Gasteiger charge is 2.31. The third-order valence-electron chi connectivity index (χ3n) is 5.64. The van der Waals surface area contributed by atoms with Crippen LogP contribution >= 0.6 is 12.4 Å². The second kappa shape index (κ2) is 10.5. The molecule has 4 rings (SSSR count). The maximum atomic E-state index is 12.8. The largest absolute Gasteiger partial charge is 0.483 e. The Hall–Kier alpha value is -2.57. The summed E-state index contributed by atoms with van der Waals surface area (Å²) >= 11 is 0. The normalized spacial score (nSPS) is 19.2. The van der Waals surface area contributed by atoms with E-state index in [0.717, 1.165) is 37.1 Å². The number of para-hydroxylation sites is 1. The Labute approximate surface area is 183 Å². The predicted octanol–water partition coefficient (Wildman–Crippen LogP) is 2.58. The molecule has 1 atom stereocenters. The summed E-state index contributed by atoms with van der Waals surface area (Å²) in [5.41, 5.74) is 2.04. The second-order valence-electron chi connectivity index (χ2n) is 7.55. The van der Waals surface area contributed by atoms with Crippen molar-refractivity contribution >= 4 is 24.2 Å². The molecule has 0 aliphatic carbocycles. The molecule has 1 unspecified atom stereocenters. The van der Waals surface area contributed by atoms with Crippen LogP contribution in [0.5, 0.6) is 5.75 Å². The maximum absolute atomic E-state index is 12.8. The van der Waals surface area contributed by atoms with Crippen molar-refractivity contribution < 1.29 is 14.3 Å². The number of benzene rings is 2. The minimum Gasteiger partial charge on any atom is -0.483 e. The van der Waals surface area contributed by atoms with Gasteiger partial charge in [0.1, 0.15) is 5.75 Å². The van der Waals surface area contributed by atoms with Gasteiger partial charge in [-0.2, -0.15) is 0 Å². The van der Waals surface area contributed by atoms with E-state index in [1.54, 1.807) is 0 Å². The van der Waals surface area contributed by atoms with Crippen molar-refractivity contribution in [2.24, 2.45) is 0 Å². The monoisotopic (exact) mass is 429 g/mol. The molecule has 2 aliphatic heterocycles. The highest BCUT2D eigenvalue weighted by molar-refractivity contribution is 5.85. The van der Waals surface area contributed by atoms with Crippen molar-refractivity contribution in [1.82, 2.24) is 15.1 Å². The second-order valence-corrected chi connectivity index (χ2v) is 7.55. The van der Waals surface area contributed by atoms with E-state index in [2.05, 4.69) is 5.32 Å². The molecule has 2 aromatic carbocycles. The summed E-state index contributed by atoms with van der Waals surface area (Å²) in [6.07, 6.45) is 1.86. The number of piperidine rings is 1. The first-order valence-electron chi connectivity index (χ1n) is 10.3. The highest BCUT2D eigenvalue weighted by atomic mass is 35.5. The molecule has 1 N–H and O–H groups in total. The van der Waals surface area contributed by atoms with E-state index in [9.17, 15) is 9.59 Å². The van der Waals surface area contributed by atoms with Gasteiger partial charge in [-0.3, -0.25) is 9.59 Å². The summed E-state index contributed by atoms with van der Waals surface area (Å²) in [5.74, 6) is 0.807. The fraction of sp³-hybridized carbons (Fsp3) is 0.391. The molecule has 30 heavy (non-hydrogen) atoms. The molecule has 2 saturated heterocycles. The summed E-state index contributed by atoms with van der Waals surface area (Å²) < 4.78 is 5.93. The Balaban J connectivity index is 0.00000256. The van der Waals surface area contributed by atoms with Gasteiger partial charge < -0.3 is 19.9 Å². The Morgan fingerprint density at radius 3 is 2.63 bits per heavy atom. The third-order valence-corrected chi connectivity index (χ3v) is 5.64. The lowest BCUT2D eigenvalue weighted by Crippen LogP contribution is -2.57. The van der Waals surface area contributed by atoms with Gasteiger partial charge >= 0.3 is 0 Å². The SMILES string of the molecule is Cl.O=C(COc1ccccc1-c1ccccc1)N1CCCC(N2CCNCC2=O)C1. The van der Waals surface area contributed by atoms with Crippen LogP contribution in [-0.2, 0) is 9.59 Å². The first-order valence-corrected chi connectivity index (χ1v) is 10.3. The van der Waals surface area contributed by atoms with E-state index < -0.39 is 0 Å². The minimum absolute atomic E-state index is 0. The van der Waals surface area contributed by atoms with Crippen LogP contribution in [0.1, 0.15) is 12.8 Å². The molecular formula is C23H28ClN3O3. The number of ether oxygens (including phenoxy) is 1. The summed E-state index contributed by atoms with van der Waals surface area (Å²) in [5, 5.41) is 3.10. The average Bonchev–Trinajstić information content (AvgIpc) is 2.78. The molecule has 0 spiro atoms. The van der Waals surface area contributed by atoms with E-state index in [-0.39, 0.29) is 36.9 Å². The quantitative estimate of drug-likeness (QED) is 0.793. The fourth-order valence-electron chi connectivity index (χ4n) is 4.12. The molecule has 2 aromatic rings. The Morgan fingerprint density at radius 2 is 1.83 bits per heavy atom. The van der Waals surface area contributed by atoms with Crippen molar-refractivity contribution in [3.05, 3.63) is 54.6 Å². The zero-order valence-electron chi connectivity index (χ0n) is 17.0. The van der Waals surface area contributed by atoms with Gasteiger partial charge in [0, 0.05) is 37.8 Å². The third kappa shape index (κ3) is 5.12. The number of hydrogen-bond acceptors (Lipinski definition) is 4. The van der Waals surface area contributed by atoms with E-state index in [0.29, 0.717) is 25.4 Å². The lowest BCUT2D eigenvalue weighted by molar-refractivity contribution is -0.141. The Kier molecular flexibility index (Phi) is 7.71. The zero-order valence-corrected chi connectivity index (χ0v) is 17.8. The molecule has 2 amide bonds. The van der Waals surface area contributed by atoms with Crippen molar-refractivity contribution in [2.45, 2.75) is 18.9 Å². The fourth-order valence-corrected chi connectivity index (χ4v) is 4.12. The van der Waals surface area contributed by atoms with Crippen LogP contribution in [0.4, 0.5) is 0 Å². The van der Waals surface area contributed by atoms with Crippen molar-refractivity contribution in [2.75, 3.05) is 39.3 Å². The molecule has 2 fully saturated rings. The number of halogens is 1. The number of likely N-dealkylation sites (tertiary alicyclic amines) is 1. The molecule has 2 aliphatic rings. The van der Waals surface area contributed by atoms with Crippen LogP contribution in [0.15, 0.2) is 54.6 Å². The number of nitrogens with one attached hydrogen (secondary N) is 1. The predicted molar refractivity (Wildman–Crippen MR) is 119 cm³/mol. The lowest BCUT2D eigenvalue weighted by Gasteiger charge is -2.41. The standard InChI is InChI=1S/C23H27N3O3.ClH/c27-22-15-24-12-14-26(22)19-9-6-13-25(16-19)23(28)17-29-21-11-5-4-10-20(21)18-7-2-1-3-8-18;/h1-5,7-8,10-11,19,24H,6,9,12-17H2;1H. The first-order chi connectivity index (χ1) is 14.2. The van der Waals surface area contributed by atoms with Crippen LogP contribution in [0.2, 0.25) is 0 Å². The number of hydrogen-bond donors (Lipinski definition) is 1. The van der Waals surface area contributed by atoms with E-state index in [1.165, 1.54) is 0 Å². The molecule has 0 aromatic heterocycles. The van der Waals surface area contributed by atoms with Crippen molar-refractivity contribution in [3.63, 3.8) is 0 Å². The topological polar surface area (TPSA) is 61.9 Å². The van der Waals surface area contributed by atoms with Crippen LogP contribution in [-0.4, -0.2) is 67.0 Å². The van der Waals surface area contributed by atoms with Gasteiger partial charge in [0.25, 0.3) is 5.91 Å². The van der Waals surface area contributed by atoms with Crippen molar-refractivity contribution in [3.8, 4) is 16.9 Å². The highest BCUT2D eigenvalue weighted by Crippen LogP contribution is 2.29. The average molecular weight is 430 g/mol. The maximum Gasteiger partial charge on any atom is 0.260 e. The van der Waals surface area contributed by atoms with Gasteiger partial charge in [-0.1, -0.05) is 48.5 Å². The van der Waals surface area contributed by atoms with Gasteiger partial charge in [-0.05, 0) is 24.5 Å². The summed E-state index contributed by atoms with van der Waals surface area (Å²) in [7, 11) is 0. The lowest BCUT2D eigenvalue weighted by atomic mass is 10.0. The van der Waals surface area contributed by atoms with E-state index >= 15 is 0 Å². The number of carbonyl (C=O) groups is 2. The van der Waals surface area contributed by atoms with Gasteiger partial charge in [0.15, 0.2) is 6.61 Å². The molecule has 7 heteroatoms. The molecule has 0 saturated carbocycles. The Bertz CT molecular complexity index is 862. The van der Waals surface area contributed by atoms with Crippen LogP contribution in [0.3, 0.4) is 0 Å². The smallest absolute Gasteiger partial charge is 0.260 e. The summed E-state index contributed by atoms with van der Waals surface area (Å²) in [6, 6.07) is 17.9. The summed E-state index contributed by atoms with van der Waals surface area (Å²) in [4.78, 5) is 28.8. The van der Waals surface area contributed by atoms with Gasteiger partial charge in [-0.25, -0.2) is 0 Å². The minimum atomic E-state index is -0.0276. The molecule has 0 radical (unpaired) electrons. The van der Waals surface area contributed by atoms with Crippen LogP contribution in [0.25, 0.3) is 11.1 Å². The number of rotatable bonds is 5. The van der Waals surface area contributed by atoms with E-state index in [4.69, 9.17) is 4.74 Å². The number of nitrogens with zero attached hydrogens (tertiary/aromatic N) is 2. The summed E-state index contributed by atoms with van der Waals surface area (Å²) in [6.45, 7) is 3.24. The van der Waals surface area contributed by atoms with Gasteiger partial charge in [0.05, 0.1) is 6.54 Å². The van der Waals surface area contributed by atoms with Gasteiger partial charge in [-0.15, -0.1) is 12.4 Å². The molecule has 6 nitrogen and oxygen atoms in total. The molecule has 160 valence electrons. The molecular weight excluding hydrogens is 402 g/mol. The van der Waals surface area contributed by atoms with Gasteiger partial charge in [0.2, 0.25) is 5.91 Å². The number of carbonyl (C=O) groups excluding carboxylic acids is 2. The van der Waals surface area contributed by atoms with Crippen LogP contribution < -0.4 is 10.1 Å². The molecule has 2 heterocycles. The van der Waals surface area contributed by atoms with E-state index in [1.807, 2.05) is 64.4 Å². The zero-order chi connectivity index (χ0) is 20.1. The molecule has 0 bridgehead atoms. The Morgan fingerprint density at radius 1 is 1.07 bits per heavy atom. The first kappa shape index (κ1) is 22.1. The number of amides is 2.